The van der Waals surface area contributed by atoms with Crippen LogP contribution in [0.1, 0.15) is 18.1 Å². The Balaban J connectivity index is 1.69. The van der Waals surface area contributed by atoms with Crippen LogP contribution in [0.5, 0.6) is 5.75 Å². The van der Waals surface area contributed by atoms with E-state index in [1.807, 2.05) is 60.4 Å². The maximum absolute atomic E-state index is 12.7. The van der Waals surface area contributed by atoms with Gasteiger partial charge in [0.15, 0.2) is 0 Å². The molecular weight excluding hydrogens is 382 g/mol. The van der Waals surface area contributed by atoms with Crippen molar-refractivity contribution in [1.29, 1.82) is 0 Å². The van der Waals surface area contributed by atoms with Crippen molar-refractivity contribution >= 4 is 21.8 Å². The van der Waals surface area contributed by atoms with Crippen LogP contribution in [0.2, 0.25) is 0 Å². The monoisotopic (exact) mass is 403 g/mol. The van der Waals surface area contributed by atoms with Gasteiger partial charge in [0.05, 0.1) is 19.1 Å². The van der Waals surface area contributed by atoms with Crippen molar-refractivity contribution in [2.45, 2.75) is 26.1 Å². The summed E-state index contributed by atoms with van der Waals surface area (Å²) in [6.07, 6.45) is 0.421. The number of nitrogens with zero attached hydrogens (tertiary/aromatic N) is 1. The van der Waals surface area contributed by atoms with Crippen molar-refractivity contribution in [2.75, 3.05) is 19.7 Å². The predicted molar refractivity (Wildman–Crippen MR) is 101 cm³/mol. The summed E-state index contributed by atoms with van der Waals surface area (Å²) in [6, 6.07) is 15.8. The summed E-state index contributed by atoms with van der Waals surface area (Å²) >= 11 is 3.49. The van der Waals surface area contributed by atoms with Crippen LogP contribution in [-0.4, -0.2) is 36.6 Å². The van der Waals surface area contributed by atoms with E-state index >= 15 is 0 Å². The number of hydrogen-bond donors (Lipinski definition) is 0. The highest BCUT2D eigenvalue weighted by molar-refractivity contribution is 9.10. The molecule has 132 valence electrons. The van der Waals surface area contributed by atoms with E-state index < -0.39 is 0 Å². The molecule has 0 saturated carbocycles. The van der Waals surface area contributed by atoms with E-state index in [-0.39, 0.29) is 12.0 Å². The molecule has 5 heteroatoms. The van der Waals surface area contributed by atoms with Crippen molar-refractivity contribution in [1.82, 2.24) is 4.90 Å². The molecule has 2 aromatic rings. The van der Waals surface area contributed by atoms with Gasteiger partial charge in [-0.05, 0) is 30.7 Å². The van der Waals surface area contributed by atoms with Gasteiger partial charge in [0.2, 0.25) is 5.91 Å². The lowest BCUT2D eigenvalue weighted by molar-refractivity contribution is -0.137. The highest BCUT2D eigenvalue weighted by Crippen LogP contribution is 2.25. The minimum absolute atomic E-state index is 0.0917. The normalized spacial score (nSPS) is 17.4. The average molecular weight is 404 g/mol. The van der Waals surface area contributed by atoms with Gasteiger partial charge in [0.25, 0.3) is 0 Å². The van der Waals surface area contributed by atoms with E-state index in [4.69, 9.17) is 9.47 Å². The molecule has 1 aliphatic heterocycles. The third-order valence-corrected chi connectivity index (χ3v) is 4.69. The molecule has 25 heavy (non-hydrogen) atoms. The molecule has 0 aromatic heterocycles. The second kappa shape index (κ2) is 8.50. The maximum Gasteiger partial charge on any atom is 0.227 e. The molecule has 0 unspecified atom stereocenters. The van der Waals surface area contributed by atoms with Gasteiger partial charge in [0, 0.05) is 23.1 Å². The van der Waals surface area contributed by atoms with Gasteiger partial charge >= 0.3 is 0 Å². The summed E-state index contributed by atoms with van der Waals surface area (Å²) in [5.74, 6) is 0.861. The van der Waals surface area contributed by atoms with Crippen LogP contribution in [-0.2, 0) is 22.6 Å². The Morgan fingerprint density at radius 3 is 2.84 bits per heavy atom. The number of ether oxygens (including phenoxy) is 2. The van der Waals surface area contributed by atoms with Gasteiger partial charge in [-0.15, -0.1) is 0 Å². The van der Waals surface area contributed by atoms with E-state index in [1.165, 1.54) is 0 Å². The first-order chi connectivity index (χ1) is 12.1. The fraction of sp³-hybridized carbons (Fsp3) is 0.350. The van der Waals surface area contributed by atoms with Crippen LogP contribution in [0.25, 0.3) is 0 Å². The van der Waals surface area contributed by atoms with Crippen LogP contribution in [0.3, 0.4) is 0 Å². The quantitative estimate of drug-likeness (QED) is 0.761. The summed E-state index contributed by atoms with van der Waals surface area (Å²) < 4.78 is 12.4. The van der Waals surface area contributed by atoms with Crippen LogP contribution < -0.4 is 4.74 Å². The molecule has 1 heterocycles. The number of hydrogen-bond acceptors (Lipinski definition) is 3. The van der Waals surface area contributed by atoms with Gasteiger partial charge < -0.3 is 14.4 Å². The lowest BCUT2D eigenvalue weighted by Crippen LogP contribution is -2.45. The summed E-state index contributed by atoms with van der Waals surface area (Å²) in [5.41, 5.74) is 2.00. The Kier molecular flexibility index (Phi) is 6.10. The summed E-state index contributed by atoms with van der Waals surface area (Å²) in [7, 11) is 0. The van der Waals surface area contributed by atoms with E-state index in [1.54, 1.807) is 0 Å². The van der Waals surface area contributed by atoms with E-state index in [9.17, 15) is 4.79 Å². The average Bonchev–Trinajstić information content (AvgIpc) is 2.62. The molecule has 1 aliphatic rings. The summed E-state index contributed by atoms with van der Waals surface area (Å²) in [6.45, 7) is 4.37. The maximum atomic E-state index is 12.7. The van der Waals surface area contributed by atoms with Crippen molar-refractivity contribution in [3.05, 3.63) is 64.1 Å². The zero-order chi connectivity index (χ0) is 17.6. The third-order valence-electron chi connectivity index (χ3n) is 4.20. The number of rotatable bonds is 5. The molecule has 0 aliphatic carbocycles. The van der Waals surface area contributed by atoms with Crippen molar-refractivity contribution in [3.63, 3.8) is 0 Å². The van der Waals surface area contributed by atoms with Crippen molar-refractivity contribution in [3.8, 4) is 5.75 Å². The Hall–Kier alpha value is -1.85. The Bertz CT molecular complexity index is 720. The fourth-order valence-electron chi connectivity index (χ4n) is 2.88. The number of halogens is 1. The molecule has 0 bridgehead atoms. The third kappa shape index (κ3) is 5.06. The zero-order valence-electron chi connectivity index (χ0n) is 14.3. The van der Waals surface area contributed by atoms with Crippen LogP contribution in [0, 0.1) is 0 Å². The summed E-state index contributed by atoms with van der Waals surface area (Å²) in [5, 5.41) is 0. The van der Waals surface area contributed by atoms with Gasteiger partial charge in [-0.2, -0.15) is 0 Å². The molecule has 3 rings (SSSR count). The van der Waals surface area contributed by atoms with E-state index in [2.05, 4.69) is 15.9 Å². The molecule has 2 aromatic carbocycles. The Morgan fingerprint density at radius 1 is 1.28 bits per heavy atom. The highest BCUT2D eigenvalue weighted by Gasteiger charge is 2.22. The number of amides is 1. The first kappa shape index (κ1) is 18.0. The first-order valence-electron chi connectivity index (χ1n) is 8.46. The number of carbonyl (C=O) groups is 1. The van der Waals surface area contributed by atoms with Gasteiger partial charge in [-0.3, -0.25) is 4.79 Å². The van der Waals surface area contributed by atoms with Crippen molar-refractivity contribution in [2.24, 2.45) is 0 Å². The SMILES string of the molecule is C[C@@H]1CN(C(=O)Cc2cc(Br)ccc2OCc2ccccc2)CCO1. The number of morpholine rings is 1. The van der Waals surface area contributed by atoms with Gasteiger partial charge in [-0.25, -0.2) is 0 Å². The minimum atomic E-state index is 0.0917. The van der Waals surface area contributed by atoms with E-state index in [0.717, 1.165) is 21.3 Å². The second-order valence-corrected chi connectivity index (χ2v) is 7.14. The first-order valence-corrected chi connectivity index (χ1v) is 9.25. The Labute approximate surface area is 156 Å². The van der Waals surface area contributed by atoms with Crippen LogP contribution in [0.4, 0.5) is 0 Å². The molecular formula is C20H22BrNO3. The minimum Gasteiger partial charge on any atom is -0.489 e. The summed E-state index contributed by atoms with van der Waals surface area (Å²) in [4.78, 5) is 14.5. The molecule has 0 radical (unpaired) electrons. The highest BCUT2D eigenvalue weighted by atomic mass is 79.9. The number of benzene rings is 2. The van der Waals surface area contributed by atoms with Crippen LogP contribution >= 0.6 is 15.9 Å². The fourth-order valence-corrected chi connectivity index (χ4v) is 3.29. The van der Waals surface area contributed by atoms with Crippen LogP contribution in [0.15, 0.2) is 53.0 Å². The molecule has 1 atom stereocenters. The van der Waals surface area contributed by atoms with Crippen molar-refractivity contribution < 1.29 is 14.3 Å². The molecule has 1 fully saturated rings. The number of carbonyl (C=O) groups excluding carboxylic acids is 1. The lowest BCUT2D eigenvalue weighted by atomic mass is 10.1. The molecule has 0 spiro atoms. The standard InChI is InChI=1S/C20H22BrNO3/c1-15-13-22(9-10-24-15)20(23)12-17-11-18(21)7-8-19(17)25-14-16-5-3-2-4-6-16/h2-8,11,15H,9-10,12-14H2,1H3/t15-/m1/s1. The predicted octanol–water partition coefficient (Wildman–Crippen LogP) is 3.82. The molecule has 0 N–H and O–H groups in total. The lowest BCUT2D eigenvalue weighted by Gasteiger charge is -2.31. The topological polar surface area (TPSA) is 38.8 Å². The van der Waals surface area contributed by atoms with Gasteiger partial charge in [-0.1, -0.05) is 46.3 Å². The molecule has 1 saturated heterocycles. The zero-order valence-corrected chi connectivity index (χ0v) is 15.9. The van der Waals surface area contributed by atoms with E-state index in [0.29, 0.717) is 32.7 Å². The molecule has 1 amide bonds. The second-order valence-electron chi connectivity index (χ2n) is 6.22. The smallest absolute Gasteiger partial charge is 0.227 e. The van der Waals surface area contributed by atoms with Gasteiger partial charge in [0.1, 0.15) is 12.4 Å². The molecule has 4 nitrogen and oxygen atoms in total. The largest absolute Gasteiger partial charge is 0.489 e. The Morgan fingerprint density at radius 2 is 2.08 bits per heavy atom.